The monoisotopic (exact) mass is 271 g/mol. The number of halogens is 1. The van der Waals surface area contributed by atoms with Crippen LogP contribution in [-0.2, 0) is 6.42 Å². The van der Waals surface area contributed by atoms with Gasteiger partial charge in [-0.1, -0.05) is 24.3 Å². The van der Waals surface area contributed by atoms with Crippen molar-refractivity contribution in [3.05, 3.63) is 70.5 Å². The molecule has 20 heavy (non-hydrogen) atoms. The summed E-state index contributed by atoms with van der Waals surface area (Å²) in [5.74, 6) is -0.477. The summed E-state index contributed by atoms with van der Waals surface area (Å²) in [6, 6.07) is 12.3. The molecule has 0 atom stereocenters. The van der Waals surface area contributed by atoms with E-state index in [-0.39, 0.29) is 11.7 Å². The third-order valence-corrected chi connectivity index (χ3v) is 3.37. The third-order valence-electron chi connectivity index (χ3n) is 3.37. The van der Waals surface area contributed by atoms with Crippen LogP contribution in [0.15, 0.2) is 42.5 Å². The standard InChI is InChI=1S/C17H18FNO/c1-12-5-3-4-6-14(12)9-10-19-17(20)16-8-7-15(18)11-13(16)2/h3-8,11H,9-10H2,1-2H3,(H,19,20). The van der Waals surface area contributed by atoms with Crippen LogP contribution in [0.25, 0.3) is 0 Å². The average molecular weight is 271 g/mol. The highest BCUT2D eigenvalue weighted by molar-refractivity contribution is 5.95. The number of amides is 1. The minimum Gasteiger partial charge on any atom is -0.352 e. The molecule has 0 aromatic heterocycles. The summed E-state index contributed by atoms with van der Waals surface area (Å²) < 4.78 is 13.0. The molecule has 0 heterocycles. The first-order valence-electron chi connectivity index (χ1n) is 6.67. The molecule has 0 radical (unpaired) electrons. The van der Waals surface area contributed by atoms with E-state index in [0.717, 1.165) is 6.42 Å². The van der Waals surface area contributed by atoms with E-state index in [9.17, 15) is 9.18 Å². The minimum atomic E-state index is -0.320. The summed E-state index contributed by atoms with van der Waals surface area (Å²) in [4.78, 5) is 12.0. The smallest absolute Gasteiger partial charge is 0.251 e. The number of aryl methyl sites for hydroxylation is 2. The molecule has 2 aromatic rings. The van der Waals surface area contributed by atoms with Gasteiger partial charge in [-0.05, 0) is 55.2 Å². The maximum Gasteiger partial charge on any atom is 0.251 e. The van der Waals surface area contributed by atoms with E-state index >= 15 is 0 Å². The molecule has 0 aliphatic rings. The SMILES string of the molecule is Cc1ccccc1CCNC(=O)c1ccc(F)cc1C. The number of benzene rings is 2. The molecule has 104 valence electrons. The Hall–Kier alpha value is -2.16. The van der Waals surface area contributed by atoms with Crippen LogP contribution < -0.4 is 5.32 Å². The minimum absolute atomic E-state index is 0.156. The highest BCUT2D eigenvalue weighted by Crippen LogP contribution is 2.10. The van der Waals surface area contributed by atoms with E-state index in [1.54, 1.807) is 6.92 Å². The topological polar surface area (TPSA) is 29.1 Å². The average Bonchev–Trinajstić information content (AvgIpc) is 2.40. The van der Waals surface area contributed by atoms with Crippen LogP contribution in [0.3, 0.4) is 0 Å². The molecule has 3 heteroatoms. The van der Waals surface area contributed by atoms with Crippen molar-refractivity contribution in [2.75, 3.05) is 6.54 Å². The predicted octanol–water partition coefficient (Wildman–Crippen LogP) is 3.42. The summed E-state index contributed by atoms with van der Waals surface area (Å²) in [5.41, 5.74) is 3.62. The van der Waals surface area contributed by atoms with Gasteiger partial charge in [-0.15, -0.1) is 0 Å². The lowest BCUT2D eigenvalue weighted by atomic mass is 10.1. The second kappa shape index (κ2) is 6.33. The van der Waals surface area contributed by atoms with Gasteiger partial charge in [-0.3, -0.25) is 4.79 Å². The zero-order valence-electron chi connectivity index (χ0n) is 11.7. The zero-order valence-corrected chi connectivity index (χ0v) is 11.7. The molecule has 0 spiro atoms. The Labute approximate surface area is 118 Å². The quantitative estimate of drug-likeness (QED) is 0.907. The van der Waals surface area contributed by atoms with Crippen LogP contribution in [0.2, 0.25) is 0 Å². The van der Waals surface area contributed by atoms with Crippen molar-refractivity contribution in [3.63, 3.8) is 0 Å². The highest BCUT2D eigenvalue weighted by atomic mass is 19.1. The fourth-order valence-electron chi connectivity index (χ4n) is 2.18. The Kier molecular flexibility index (Phi) is 4.51. The molecule has 2 rings (SSSR count). The lowest BCUT2D eigenvalue weighted by Crippen LogP contribution is -2.26. The number of carbonyl (C=O) groups excluding carboxylic acids is 1. The number of hydrogen-bond acceptors (Lipinski definition) is 1. The van der Waals surface area contributed by atoms with Gasteiger partial charge in [0.05, 0.1) is 0 Å². The van der Waals surface area contributed by atoms with E-state index in [0.29, 0.717) is 17.7 Å². The maximum absolute atomic E-state index is 13.0. The Morgan fingerprint density at radius 2 is 1.85 bits per heavy atom. The van der Waals surface area contributed by atoms with Crippen molar-refractivity contribution in [1.82, 2.24) is 5.32 Å². The summed E-state index contributed by atoms with van der Waals surface area (Å²) in [7, 11) is 0. The molecule has 1 amide bonds. The van der Waals surface area contributed by atoms with Crippen LogP contribution in [0, 0.1) is 19.7 Å². The van der Waals surface area contributed by atoms with E-state index < -0.39 is 0 Å². The lowest BCUT2D eigenvalue weighted by molar-refractivity contribution is 0.0953. The molecule has 0 saturated carbocycles. The molecule has 2 aromatic carbocycles. The van der Waals surface area contributed by atoms with Crippen LogP contribution >= 0.6 is 0 Å². The molecular formula is C17H18FNO. The van der Waals surface area contributed by atoms with Crippen molar-refractivity contribution in [1.29, 1.82) is 0 Å². The zero-order chi connectivity index (χ0) is 14.5. The first-order chi connectivity index (χ1) is 9.58. The van der Waals surface area contributed by atoms with Crippen molar-refractivity contribution in [3.8, 4) is 0 Å². The fraction of sp³-hybridized carbons (Fsp3) is 0.235. The van der Waals surface area contributed by atoms with E-state index in [4.69, 9.17) is 0 Å². The van der Waals surface area contributed by atoms with Crippen LogP contribution in [-0.4, -0.2) is 12.5 Å². The molecule has 1 N–H and O–H groups in total. The second-order valence-corrected chi connectivity index (χ2v) is 4.89. The van der Waals surface area contributed by atoms with Crippen molar-refractivity contribution in [2.24, 2.45) is 0 Å². The van der Waals surface area contributed by atoms with Crippen molar-refractivity contribution < 1.29 is 9.18 Å². The molecule has 0 aliphatic carbocycles. The van der Waals surface area contributed by atoms with Crippen LogP contribution in [0.1, 0.15) is 27.0 Å². The van der Waals surface area contributed by atoms with Gasteiger partial charge in [-0.25, -0.2) is 4.39 Å². The summed E-state index contributed by atoms with van der Waals surface area (Å²) in [6.07, 6.45) is 0.790. The van der Waals surface area contributed by atoms with Crippen LogP contribution in [0.4, 0.5) is 4.39 Å². The molecule has 2 nitrogen and oxygen atoms in total. The molecule has 0 aliphatic heterocycles. The maximum atomic E-state index is 13.0. The van der Waals surface area contributed by atoms with E-state index in [1.807, 2.05) is 12.1 Å². The number of rotatable bonds is 4. The lowest BCUT2D eigenvalue weighted by Gasteiger charge is -2.09. The van der Waals surface area contributed by atoms with Gasteiger partial charge < -0.3 is 5.32 Å². The number of carbonyl (C=O) groups is 1. The Bertz CT molecular complexity index is 622. The normalized spacial score (nSPS) is 10.3. The molecular weight excluding hydrogens is 253 g/mol. The Balaban J connectivity index is 1.94. The van der Waals surface area contributed by atoms with Gasteiger partial charge in [-0.2, -0.15) is 0 Å². The second-order valence-electron chi connectivity index (χ2n) is 4.89. The summed E-state index contributed by atoms with van der Waals surface area (Å²) >= 11 is 0. The predicted molar refractivity (Wildman–Crippen MR) is 78.4 cm³/mol. The van der Waals surface area contributed by atoms with Crippen molar-refractivity contribution in [2.45, 2.75) is 20.3 Å². The number of hydrogen-bond donors (Lipinski definition) is 1. The summed E-state index contributed by atoms with van der Waals surface area (Å²) in [5, 5.41) is 2.87. The fourth-order valence-corrected chi connectivity index (χ4v) is 2.18. The van der Waals surface area contributed by atoms with E-state index in [2.05, 4.69) is 24.4 Å². The summed E-state index contributed by atoms with van der Waals surface area (Å²) in [6.45, 7) is 4.36. The van der Waals surface area contributed by atoms with Gasteiger partial charge >= 0.3 is 0 Å². The molecule has 0 bridgehead atoms. The molecule has 0 unspecified atom stereocenters. The van der Waals surface area contributed by atoms with Crippen LogP contribution in [0.5, 0.6) is 0 Å². The van der Waals surface area contributed by atoms with Gasteiger partial charge in [0.2, 0.25) is 0 Å². The molecule has 0 fully saturated rings. The van der Waals surface area contributed by atoms with Gasteiger partial charge in [0, 0.05) is 12.1 Å². The van der Waals surface area contributed by atoms with Gasteiger partial charge in [0.25, 0.3) is 5.91 Å². The Morgan fingerprint density at radius 1 is 1.10 bits per heavy atom. The van der Waals surface area contributed by atoms with Gasteiger partial charge in [0.15, 0.2) is 0 Å². The van der Waals surface area contributed by atoms with E-state index in [1.165, 1.54) is 29.3 Å². The highest BCUT2D eigenvalue weighted by Gasteiger charge is 2.09. The number of nitrogens with one attached hydrogen (secondary N) is 1. The Morgan fingerprint density at radius 3 is 2.55 bits per heavy atom. The first-order valence-corrected chi connectivity index (χ1v) is 6.67. The largest absolute Gasteiger partial charge is 0.352 e. The van der Waals surface area contributed by atoms with Crippen molar-refractivity contribution >= 4 is 5.91 Å². The third kappa shape index (κ3) is 3.44. The first kappa shape index (κ1) is 14.3. The molecule has 0 saturated heterocycles. The van der Waals surface area contributed by atoms with Gasteiger partial charge in [0.1, 0.15) is 5.82 Å².